The van der Waals surface area contributed by atoms with Crippen molar-refractivity contribution in [3.63, 3.8) is 0 Å². The van der Waals surface area contributed by atoms with Gasteiger partial charge in [0.25, 0.3) is 0 Å². The van der Waals surface area contributed by atoms with Crippen LogP contribution < -0.4 is 15.8 Å². The van der Waals surface area contributed by atoms with Crippen molar-refractivity contribution in [1.29, 1.82) is 0 Å². The highest BCUT2D eigenvalue weighted by Gasteiger charge is 2.33. The summed E-state index contributed by atoms with van der Waals surface area (Å²) in [6.45, 7) is 0.312. The van der Waals surface area contributed by atoms with E-state index in [0.29, 0.717) is 11.5 Å². The topological polar surface area (TPSA) is 109 Å². The van der Waals surface area contributed by atoms with Crippen LogP contribution in [0.3, 0.4) is 0 Å². The molecule has 1 aromatic carbocycles. The third-order valence-corrected chi connectivity index (χ3v) is 4.92. The molecule has 0 saturated carbocycles. The average Bonchev–Trinajstić information content (AvgIpc) is 3.04. The van der Waals surface area contributed by atoms with Crippen molar-refractivity contribution >= 4 is 51.3 Å². The molecule has 13 heteroatoms. The van der Waals surface area contributed by atoms with Crippen molar-refractivity contribution in [2.24, 2.45) is 10.1 Å². The largest absolute Gasteiger partial charge is 0.434 e. The maximum atomic E-state index is 12.5. The smallest absolute Gasteiger partial charge is 0.352 e. The Morgan fingerprint density at radius 3 is 2.52 bits per heavy atom. The second-order valence-corrected chi connectivity index (χ2v) is 7.60. The number of hydrogen-bond acceptors (Lipinski definition) is 5. The van der Waals surface area contributed by atoms with E-state index < -0.39 is 21.9 Å². The summed E-state index contributed by atoms with van der Waals surface area (Å²) in [6, 6.07) is 6.06. The van der Waals surface area contributed by atoms with E-state index in [-0.39, 0.29) is 47.0 Å². The third kappa shape index (κ3) is 7.23. The number of hydrogen-bond donors (Lipinski definition) is 3. The van der Waals surface area contributed by atoms with Crippen LogP contribution in [-0.2, 0) is 29.3 Å². The number of thiazole rings is 1. The number of sulfonamides is 1. The van der Waals surface area contributed by atoms with Crippen LogP contribution in [0.4, 0.5) is 13.2 Å². The fraction of sp³-hybridized carbons (Fsp3) is 0.286. The molecule has 1 aromatic heterocycles. The van der Waals surface area contributed by atoms with Gasteiger partial charge < -0.3 is 10.6 Å². The Morgan fingerprint density at radius 2 is 1.96 bits per heavy atom. The lowest BCUT2D eigenvalue weighted by Crippen LogP contribution is -2.36. The molecule has 0 aliphatic heterocycles. The lowest BCUT2D eigenvalue weighted by Gasteiger charge is -2.11. The second kappa shape index (κ2) is 9.66. The van der Waals surface area contributed by atoms with E-state index in [1.807, 2.05) is 0 Å². The Labute approximate surface area is 175 Å². The molecular weight excluding hydrogens is 518 g/mol. The van der Waals surface area contributed by atoms with Gasteiger partial charge in [0.05, 0.1) is 11.4 Å². The van der Waals surface area contributed by atoms with Gasteiger partial charge in [0.1, 0.15) is 5.01 Å². The zero-order chi connectivity index (χ0) is 19.4. The Hall–Kier alpha value is -1.45. The first-order valence-electron chi connectivity index (χ1n) is 7.17. The van der Waals surface area contributed by atoms with E-state index in [1.165, 1.54) is 19.2 Å². The number of primary sulfonamides is 1. The van der Waals surface area contributed by atoms with Gasteiger partial charge in [-0.3, -0.25) is 4.99 Å². The number of aromatic nitrogens is 1. The first-order chi connectivity index (χ1) is 12.1. The summed E-state index contributed by atoms with van der Waals surface area (Å²) in [5.41, 5.74) is -0.282. The van der Waals surface area contributed by atoms with Gasteiger partial charge in [-0.25, -0.2) is 18.5 Å². The van der Waals surface area contributed by atoms with Gasteiger partial charge in [0.2, 0.25) is 10.0 Å². The van der Waals surface area contributed by atoms with Crippen LogP contribution in [0, 0.1) is 0 Å². The number of nitrogens with one attached hydrogen (secondary N) is 2. The molecule has 2 aromatic rings. The number of nitrogens with two attached hydrogens (primary N) is 1. The molecule has 2 rings (SSSR count). The zero-order valence-corrected chi connectivity index (χ0v) is 17.9. The Bertz CT molecular complexity index is 900. The minimum atomic E-state index is -4.47. The Kier molecular flexibility index (Phi) is 8.44. The fourth-order valence-corrected chi connectivity index (χ4v) is 3.24. The summed E-state index contributed by atoms with van der Waals surface area (Å²) >= 11 is 0.891. The lowest BCUT2D eigenvalue weighted by molar-refractivity contribution is -0.140. The second-order valence-electron chi connectivity index (χ2n) is 5.10. The molecule has 0 amide bonds. The monoisotopic (exact) mass is 535 g/mol. The normalized spacial score (nSPS) is 12.4. The van der Waals surface area contributed by atoms with Gasteiger partial charge in [-0.15, -0.1) is 35.3 Å². The van der Waals surface area contributed by atoms with Crippen LogP contribution in [0.15, 0.2) is 39.5 Å². The predicted molar refractivity (Wildman–Crippen MR) is 107 cm³/mol. The first-order valence-corrected chi connectivity index (χ1v) is 9.60. The van der Waals surface area contributed by atoms with Crippen molar-refractivity contribution in [2.75, 3.05) is 7.05 Å². The van der Waals surface area contributed by atoms with E-state index in [2.05, 4.69) is 20.6 Å². The number of rotatable bonds is 5. The van der Waals surface area contributed by atoms with Crippen molar-refractivity contribution in [3.05, 3.63) is 45.9 Å². The molecule has 1 heterocycles. The quantitative estimate of drug-likeness (QED) is 0.310. The summed E-state index contributed by atoms with van der Waals surface area (Å²) in [5, 5.41) is 12.1. The molecular formula is C14H17F3IN5O2S2. The average molecular weight is 535 g/mol. The highest BCUT2D eigenvalue weighted by Crippen LogP contribution is 2.29. The predicted octanol–water partition coefficient (Wildman–Crippen LogP) is 2.29. The van der Waals surface area contributed by atoms with Gasteiger partial charge in [-0.05, 0) is 17.7 Å². The third-order valence-electron chi connectivity index (χ3n) is 3.16. The van der Waals surface area contributed by atoms with Crippen molar-refractivity contribution in [1.82, 2.24) is 15.6 Å². The number of halogens is 4. The van der Waals surface area contributed by atoms with Crippen LogP contribution in [-0.4, -0.2) is 26.4 Å². The van der Waals surface area contributed by atoms with Crippen LogP contribution in [0.1, 0.15) is 16.3 Å². The number of guanidine groups is 1. The number of benzene rings is 1. The van der Waals surface area contributed by atoms with Gasteiger partial charge in [0.15, 0.2) is 11.7 Å². The van der Waals surface area contributed by atoms with Crippen LogP contribution >= 0.6 is 35.3 Å². The molecule has 0 saturated heterocycles. The van der Waals surface area contributed by atoms with Crippen LogP contribution in [0.2, 0.25) is 0 Å². The number of alkyl halides is 3. The van der Waals surface area contributed by atoms with Gasteiger partial charge in [0, 0.05) is 19.0 Å². The minimum absolute atomic E-state index is 0. The maximum absolute atomic E-state index is 12.5. The molecule has 0 fully saturated rings. The van der Waals surface area contributed by atoms with E-state index in [4.69, 9.17) is 5.14 Å². The van der Waals surface area contributed by atoms with Crippen molar-refractivity contribution < 1.29 is 21.6 Å². The van der Waals surface area contributed by atoms with Crippen molar-refractivity contribution in [3.8, 4) is 0 Å². The molecule has 0 unspecified atom stereocenters. The molecule has 4 N–H and O–H groups in total. The Morgan fingerprint density at radius 1 is 1.30 bits per heavy atom. The van der Waals surface area contributed by atoms with Gasteiger partial charge in [-0.2, -0.15) is 13.2 Å². The molecule has 0 atom stereocenters. The number of aliphatic imine (C=N–C) groups is 1. The molecule has 0 aliphatic carbocycles. The maximum Gasteiger partial charge on any atom is 0.434 e. The van der Waals surface area contributed by atoms with E-state index in [1.54, 1.807) is 12.1 Å². The van der Waals surface area contributed by atoms with Gasteiger partial charge in [-0.1, -0.05) is 12.1 Å². The van der Waals surface area contributed by atoms with E-state index >= 15 is 0 Å². The summed E-state index contributed by atoms with van der Waals surface area (Å²) in [4.78, 5) is 7.45. The molecule has 27 heavy (non-hydrogen) atoms. The highest BCUT2D eigenvalue weighted by molar-refractivity contribution is 14.0. The summed E-state index contributed by atoms with van der Waals surface area (Å²) in [6.07, 6.45) is -4.47. The summed E-state index contributed by atoms with van der Waals surface area (Å²) < 4.78 is 60.3. The minimum Gasteiger partial charge on any atom is -0.352 e. The van der Waals surface area contributed by atoms with Gasteiger partial charge >= 0.3 is 6.18 Å². The van der Waals surface area contributed by atoms with Crippen molar-refractivity contribution in [2.45, 2.75) is 24.2 Å². The SMILES string of the molecule is CN=C(NCc1cccc(S(N)(=O)=O)c1)NCc1nc(C(F)(F)F)cs1.I. The molecule has 0 radical (unpaired) electrons. The molecule has 7 nitrogen and oxygen atoms in total. The van der Waals surface area contributed by atoms with E-state index in [0.717, 1.165) is 16.7 Å². The molecule has 0 bridgehead atoms. The first kappa shape index (κ1) is 23.6. The van der Waals surface area contributed by atoms with Crippen LogP contribution in [0.25, 0.3) is 0 Å². The molecule has 150 valence electrons. The molecule has 0 spiro atoms. The fourth-order valence-electron chi connectivity index (χ4n) is 1.92. The standard InChI is InChI=1S/C14H16F3N5O2S2.HI/c1-19-13(21-7-12-22-11(8-25-12)14(15,16)17)20-6-9-3-2-4-10(5-9)26(18,23)24;/h2-5,8H,6-7H2,1H3,(H2,18,23,24)(H2,19,20,21);1H. The van der Waals surface area contributed by atoms with Crippen LogP contribution in [0.5, 0.6) is 0 Å². The summed E-state index contributed by atoms with van der Waals surface area (Å²) in [5.74, 6) is 0.328. The highest BCUT2D eigenvalue weighted by atomic mass is 127. The Balaban J connectivity index is 0.00000364. The summed E-state index contributed by atoms with van der Waals surface area (Å²) in [7, 11) is -2.30. The number of nitrogens with zero attached hydrogens (tertiary/aromatic N) is 2. The lowest BCUT2D eigenvalue weighted by atomic mass is 10.2. The zero-order valence-electron chi connectivity index (χ0n) is 13.9. The molecule has 0 aliphatic rings. The van der Waals surface area contributed by atoms with E-state index in [9.17, 15) is 21.6 Å².